The van der Waals surface area contributed by atoms with Gasteiger partial charge in [0, 0.05) is 23.8 Å². The van der Waals surface area contributed by atoms with E-state index in [1.165, 1.54) is 12.1 Å². The van der Waals surface area contributed by atoms with Crippen molar-refractivity contribution < 1.29 is 8.78 Å². The van der Waals surface area contributed by atoms with E-state index >= 15 is 0 Å². The number of aryl methyl sites for hydroxylation is 1. The Hall–Kier alpha value is -3.29. The van der Waals surface area contributed by atoms with E-state index in [1.807, 2.05) is 25.1 Å². The van der Waals surface area contributed by atoms with Crippen LogP contribution in [0.3, 0.4) is 0 Å². The van der Waals surface area contributed by atoms with Crippen molar-refractivity contribution in [1.82, 2.24) is 20.2 Å². The van der Waals surface area contributed by atoms with Crippen molar-refractivity contribution in [2.75, 3.05) is 10.6 Å². The topological polar surface area (TPSA) is 78.5 Å². The third kappa shape index (κ3) is 4.66. The Kier molecular flexibility index (Phi) is 5.44. The molecule has 0 spiro atoms. The molecule has 0 saturated heterocycles. The Morgan fingerprint density at radius 1 is 1.07 bits per heavy atom. The van der Waals surface area contributed by atoms with Crippen molar-refractivity contribution in [3.8, 4) is 0 Å². The SMILES string of the molecule is C/C=C/c1cc(Nc2cc(NC(C)c3ccc(F)cc3F)nc(C)n2)n[nH]1. The molecule has 0 aliphatic heterocycles. The fraction of sp³-hybridized carbons (Fsp3) is 0.211. The van der Waals surface area contributed by atoms with Crippen molar-refractivity contribution in [2.24, 2.45) is 0 Å². The van der Waals surface area contributed by atoms with E-state index in [2.05, 4.69) is 30.8 Å². The molecule has 8 heteroatoms. The molecular weight excluding hydrogens is 350 g/mol. The first-order valence-electron chi connectivity index (χ1n) is 8.47. The second-order valence-electron chi connectivity index (χ2n) is 6.05. The highest BCUT2D eigenvalue weighted by Gasteiger charge is 2.13. The molecule has 1 aromatic carbocycles. The Balaban J connectivity index is 1.78. The van der Waals surface area contributed by atoms with Crippen molar-refractivity contribution in [3.05, 3.63) is 65.1 Å². The number of nitrogens with one attached hydrogen (secondary N) is 3. The van der Waals surface area contributed by atoms with Crippen LogP contribution in [0.4, 0.5) is 26.2 Å². The molecule has 0 amide bonds. The van der Waals surface area contributed by atoms with Crippen LogP contribution >= 0.6 is 0 Å². The van der Waals surface area contributed by atoms with Crippen molar-refractivity contribution in [3.63, 3.8) is 0 Å². The normalized spacial score (nSPS) is 12.3. The quantitative estimate of drug-likeness (QED) is 0.584. The average molecular weight is 370 g/mol. The fourth-order valence-corrected chi connectivity index (χ4v) is 2.65. The van der Waals surface area contributed by atoms with Crippen LogP contribution in [-0.4, -0.2) is 20.2 Å². The van der Waals surface area contributed by atoms with Crippen molar-refractivity contribution in [1.29, 1.82) is 0 Å². The predicted octanol–water partition coefficient (Wildman–Crippen LogP) is 4.74. The van der Waals surface area contributed by atoms with Crippen LogP contribution in [0, 0.1) is 18.6 Å². The third-order valence-electron chi connectivity index (χ3n) is 3.83. The van der Waals surface area contributed by atoms with E-state index in [0.717, 1.165) is 11.8 Å². The Labute approximate surface area is 155 Å². The molecule has 3 aromatic rings. The van der Waals surface area contributed by atoms with Crippen LogP contribution in [0.25, 0.3) is 6.08 Å². The second kappa shape index (κ2) is 7.94. The van der Waals surface area contributed by atoms with Crippen molar-refractivity contribution >= 4 is 23.5 Å². The molecule has 3 N–H and O–H groups in total. The zero-order valence-corrected chi connectivity index (χ0v) is 15.2. The summed E-state index contributed by atoms with van der Waals surface area (Å²) in [6.45, 7) is 5.46. The Bertz CT molecular complexity index is 967. The lowest BCUT2D eigenvalue weighted by Crippen LogP contribution is -2.11. The lowest BCUT2D eigenvalue weighted by Gasteiger charge is -2.16. The highest BCUT2D eigenvalue weighted by Crippen LogP contribution is 2.23. The second-order valence-corrected chi connectivity index (χ2v) is 6.05. The summed E-state index contributed by atoms with van der Waals surface area (Å²) in [7, 11) is 0. The molecule has 140 valence electrons. The van der Waals surface area contributed by atoms with E-state index in [1.54, 1.807) is 19.9 Å². The molecular formula is C19H20F2N6. The van der Waals surface area contributed by atoms with Crippen LogP contribution in [0.5, 0.6) is 0 Å². The number of nitrogens with zero attached hydrogens (tertiary/aromatic N) is 3. The van der Waals surface area contributed by atoms with Gasteiger partial charge in [0.05, 0.1) is 11.7 Å². The zero-order chi connectivity index (χ0) is 19.4. The number of H-pyrrole nitrogens is 1. The molecule has 6 nitrogen and oxygen atoms in total. The number of hydrogen-bond acceptors (Lipinski definition) is 5. The monoisotopic (exact) mass is 370 g/mol. The molecule has 0 bridgehead atoms. The van der Waals surface area contributed by atoms with E-state index in [-0.39, 0.29) is 0 Å². The molecule has 1 unspecified atom stereocenters. The summed E-state index contributed by atoms with van der Waals surface area (Å²) in [5, 5.41) is 13.3. The van der Waals surface area contributed by atoms with Gasteiger partial charge < -0.3 is 10.6 Å². The number of rotatable bonds is 6. The Morgan fingerprint density at radius 3 is 2.59 bits per heavy atom. The van der Waals surface area contributed by atoms with E-state index in [4.69, 9.17) is 0 Å². The molecule has 2 aromatic heterocycles. The van der Waals surface area contributed by atoms with E-state index < -0.39 is 17.7 Å². The zero-order valence-electron chi connectivity index (χ0n) is 15.2. The van der Waals surface area contributed by atoms with Crippen LogP contribution in [0.1, 0.15) is 37.0 Å². The molecule has 2 heterocycles. The third-order valence-corrected chi connectivity index (χ3v) is 3.83. The van der Waals surface area contributed by atoms with Crippen molar-refractivity contribution in [2.45, 2.75) is 26.8 Å². The van der Waals surface area contributed by atoms with Gasteiger partial charge in [-0.25, -0.2) is 18.7 Å². The van der Waals surface area contributed by atoms with Gasteiger partial charge in [0.1, 0.15) is 29.1 Å². The maximum atomic E-state index is 14.0. The summed E-state index contributed by atoms with van der Waals surface area (Å²) in [6, 6.07) is 6.66. The number of allylic oxidation sites excluding steroid dienone is 1. The van der Waals surface area contributed by atoms with Gasteiger partial charge in [-0.05, 0) is 32.9 Å². The van der Waals surface area contributed by atoms with Gasteiger partial charge in [0.25, 0.3) is 0 Å². The minimum absolute atomic E-state index is 0.352. The number of anilines is 3. The summed E-state index contributed by atoms with van der Waals surface area (Å²) in [5.41, 5.74) is 1.22. The Morgan fingerprint density at radius 2 is 1.85 bits per heavy atom. The summed E-state index contributed by atoms with van der Waals surface area (Å²) >= 11 is 0. The highest BCUT2D eigenvalue weighted by atomic mass is 19.1. The van der Waals surface area contributed by atoms with Gasteiger partial charge in [-0.15, -0.1) is 0 Å². The highest BCUT2D eigenvalue weighted by molar-refractivity contribution is 5.59. The molecule has 0 aliphatic carbocycles. The van der Waals surface area contributed by atoms with Gasteiger partial charge >= 0.3 is 0 Å². The lowest BCUT2D eigenvalue weighted by molar-refractivity contribution is 0.566. The van der Waals surface area contributed by atoms with Crippen LogP contribution in [0.15, 0.2) is 36.4 Å². The van der Waals surface area contributed by atoms with Gasteiger partial charge in [-0.2, -0.15) is 5.10 Å². The van der Waals surface area contributed by atoms with E-state index in [9.17, 15) is 8.78 Å². The largest absolute Gasteiger partial charge is 0.363 e. The standard InChI is InChI=1S/C19H20F2N6/c1-4-5-14-9-19(27-26-14)25-18-10-17(23-12(3)24-18)22-11(2)15-7-6-13(20)8-16(15)21/h4-11H,1-3H3,(H3,22,23,24,25,26,27)/b5-4+. The van der Waals surface area contributed by atoms with Gasteiger partial charge in [-0.3, -0.25) is 5.10 Å². The first kappa shape index (κ1) is 18.5. The lowest BCUT2D eigenvalue weighted by atomic mass is 10.1. The summed E-state index contributed by atoms with van der Waals surface area (Å²) < 4.78 is 27.1. The van der Waals surface area contributed by atoms with E-state index in [0.29, 0.717) is 28.8 Å². The minimum atomic E-state index is -0.607. The summed E-state index contributed by atoms with van der Waals surface area (Å²) in [4.78, 5) is 8.66. The minimum Gasteiger partial charge on any atom is -0.363 e. The first-order valence-corrected chi connectivity index (χ1v) is 8.47. The molecule has 0 saturated carbocycles. The number of aromatic nitrogens is 4. The molecule has 0 radical (unpaired) electrons. The fourth-order valence-electron chi connectivity index (χ4n) is 2.65. The molecule has 3 rings (SSSR count). The summed E-state index contributed by atoms with van der Waals surface area (Å²) in [6.07, 6.45) is 3.80. The molecule has 0 aliphatic rings. The average Bonchev–Trinajstić information content (AvgIpc) is 3.01. The van der Waals surface area contributed by atoms with Gasteiger partial charge in [0.15, 0.2) is 5.82 Å². The number of halogens is 2. The van der Waals surface area contributed by atoms with Crippen LogP contribution in [-0.2, 0) is 0 Å². The first-order chi connectivity index (χ1) is 12.9. The van der Waals surface area contributed by atoms with Gasteiger partial charge in [-0.1, -0.05) is 12.1 Å². The number of benzene rings is 1. The summed E-state index contributed by atoms with van der Waals surface area (Å²) in [5.74, 6) is 1.01. The smallest absolute Gasteiger partial charge is 0.153 e. The van der Waals surface area contributed by atoms with Gasteiger partial charge in [0.2, 0.25) is 0 Å². The molecule has 0 fully saturated rings. The van der Waals surface area contributed by atoms with Crippen LogP contribution in [0.2, 0.25) is 0 Å². The predicted molar refractivity (Wildman–Crippen MR) is 102 cm³/mol. The maximum absolute atomic E-state index is 14.0. The number of hydrogen-bond donors (Lipinski definition) is 3. The van der Waals surface area contributed by atoms with Crippen LogP contribution < -0.4 is 10.6 Å². The molecule has 27 heavy (non-hydrogen) atoms. The number of aromatic amines is 1. The maximum Gasteiger partial charge on any atom is 0.153 e. The molecule has 1 atom stereocenters.